The molecule has 0 unspecified atom stereocenters. The minimum atomic E-state index is -3.96. The van der Waals surface area contributed by atoms with Gasteiger partial charge in [-0.25, -0.2) is 13.4 Å². The number of nitrogens with zero attached hydrogens (tertiary/aromatic N) is 3. The summed E-state index contributed by atoms with van der Waals surface area (Å²) >= 11 is 12.7. The van der Waals surface area contributed by atoms with E-state index in [2.05, 4.69) is 14.1 Å². The summed E-state index contributed by atoms with van der Waals surface area (Å²) in [4.78, 5) is 17.4. The Morgan fingerprint density at radius 2 is 2.04 bits per heavy atom. The maximum atomic E-state index is 12.6. The molecule has 0 spiro atoms. The van der Waals surface area contributed by atoms with E-state index in [4.69, 9.17) is 23.2 Å². The molecule has 0 aliphatic rings. The van der Waals surface area contributed by atoms with Crippen molar-refractivity contribution in [1.29, 1.82) is 0 Å². The van der Waals surface area contributed by atoms with E-state index < -0.39 is 10.0 Å². The standard InChI is InChI=1S/C14H16Cl2N4O3S2/c1-4-20(3)12(21)7-11-17-14(24-18-11)19-25(22,23)13-8(2)5-9(15)6-10(13)16/h5-6H,4,7H2,1-3H3,(H,17,18,19). The van der Waals surface area contributed by atoms with Gasteiger partial charge in [0.15, 0.2) is 5.82 Å². The smallest absolute Gasteiger partial charge is 0.265 e. The zero-order valence-corrected chi connectivity index (χ0v) is 16.9. The van der Waals surface area contributed by atoms with Crippen molar-refractivity contribution in [3.63, 3.8) is 0 Å². The molecule has 0 aliphatic carbocycles. The van der Waals surface area contributed by atoms with Crippen molar-refractivity contribution in [2.24, 2.45) is 0 Å². The summed E-state index contributed by atoms with van der Waals surface area (Å²) in [5.74, 6) is 0.109. The molecule has 2 rings (SSSR count). The van der Waals surface area contributed by atoms with Gasteiger partial charge in [-0.15, -0.1) is 0 Å². The predicted octanol–water partition coefficient (Wildman–Crippen LogP) is 2.97. The molecule has 0 bridgehead atoms. The number of hydrogen-bond acceptors (Lipinski definition) is 6. The van der Waals surface area contributed by atoms with Crippen LogP contribution in [0.3, 0.4) is 0 Å². The first kappa shape index (κ1) is 19.9. The van der Waals surface area contributed by atoms with Crippen molar-refractivity contribution in [2.45, 2.75) is 25.2 Å². The van der Waals surface area contributed by atoms with Gasteiger partial charge in [-0.05, 0) is 31.5 Å². The Bertz CT molecular complexity index is 876. The molecule has 1 aromatic carbocycles. The van der Waals surface area contributed by atoms with Gasteiger partial charge >= 0.3 is 0 Å². The van der Waals surface area contributed by atoms with Crippen molar-refractivity contribution < 1.29 is 13.2 Å². The van der Waals surface area contributed by atoms with Crippen molar-refractivity contribution in [3.05, 3.63) is 33.6 Å². The third kappa shape index (κ3) is 4.81. The van der Waals surface area contributed by atoms with Crippen LogP contribution in [0, 0.1) is 6.92 Å². The number of benzene rings is 1. The summed E-state index contributed by atoms with van der Waals surface area (Å²) in [5.41, 5.74) is 0.412. The third-order valence-corrected chi connectivity index (χ3v) is 6.33. The van der Waals surface area contributed by atoms with Crippen LogP contribution in [0.1, 0.15) is 18.3 Å². The molecule has 0 atom stereocenters. The van der Waals surface area contributed by atoms with Crippen molar-refractivity contribution in [1.82, 2.24) is 14.3 Å². The number of anilines is 1. The number of carbonyl (C=O) groups is 1. The highest BCUT2D eigenvalue weighted by atomic mass is 35.5. The molecular formula is C14H16Cl2N4O3S2. The number of hydrogen-bond donors (Lipinski definition) is 1. The second-order valence-electron chi connectivity index (χ2n) is 5.24. The molecule has 2 aromatic rings. The van der Waals surface area contributed by atoms with Crippen LogP contribution in [0.15, 0.2) is 17.0 Å². The molecule has 1 amide bonds. The number of amides is 1. The van der Waals surface area contributed by atoms with Gasteiger partial charge in [0.25, 0.3) is 10.0 Å². The van der Waals surface area contributed by atoms with Crippen molar-refractivity contribution in [2.75, 3.05) is 18.3 Å². The van der Waals surface area contributed by atoms with Gasteiger partial charge in [0.1, 0.15) is 4.90 Å². The van der Waals surface area contributed by atoms with E-state index in [0.29, 0.717) is 17.1 Å². The largest absolute Gasteiger partial charge is 0.346 e. The van der Waals surface area contributed by atoms with Gasteiger partial charge in [0.2, 0.25) is 11.0 Å². The molecule has 0 radical (unpaired) electrons. The first-order chi connectivity index (χ1) is 11.6. The van der Waals surface area contributed by atoms with Gasteiger partial charge in [-0.2, -0.15) is 4.37 Å². The van der Waals surface area contributed by atoms with Crippen molar-refractivity contribution >= 4 is 55.8 Å². The number of halogens is 2. The van der Waals surface area contributed by atoms with E-state index in [0.717, 1.165) is 11.5 Å². The Morgan fingerprint density at radius 3 is 2.64 bits per heavy atom. The van der Waals surface area contributed by atoms with E-state index in [9.17, 15) is 13.2 Å². The minimum absolute atomic E-state index is 0.00327. The van der Waals surface area contributed by atoms with Crippen LogP contribution in [-0.4, -0.2) is 42.2 Å². The Kier molecular flexibility index (Phi) is 6.26. The number of aryl methyl sites for hydroxylation is 1. The van der Waals surface area contributed by atoms with Gasteiger partial charge in [-0.3, -0.25) is 9.52 Å². The average Bonchev–Trinajstić information content (AvgIpc) is 2.90. The Morgan fingerprint density at radius 1 is 1.36 bits per heavy atom. The lowest BCUT2D eigenvalue weighted by Gasteiger charge is -2.12. The first-order valence-corrected chi connectivity index (χ1v) is 10.2. The van der Waals surface area contributed by atoms with Crippen molar-refractivity contribution in [3.8, 4) is 0 Å². The molecule has 25 heavy (non-hydrogen) atoms. The molecule has 0 saturated carbocycles. The van der Waals surface area contributed by atoms with E-state index in [1.54, 1.807) is 14.0 Å². The molecule has 0 fully saturated rings. The van der Waals surface area contributed by atoms with Gasteiger partial charge in [0.05, 0.1) is 11.4 Å². The van der Waals surface area contributed by atoms with Crippen LogP contribution in [0.25, 0.3) is 0 Å². The normalized spacial score (nSPS) is 11.4. The maximum Gasteiger partial charge on any atom is 0.265 e. The highest BCUT2D eigenvalue weighted by molar-refractivity contribution is 7.93. The number of carbonyl (C=O) groups excluding carboxylic acids is 1. The zero-order chi connectivity index (χ0) is 18.8. The van der Waals surface area contributed by atoms with Gasteiger partial charge in [0, 0.05) is 30.1 Å². The molecule has 1 N–H and O–H groups in total. The fourth-order valence-corrected chi connectivity index (χ4v) is 5.01. The fraction of sp³-hybridized carbons (Fsp3) is 0.357. The number of sulfonamides is 1. The fourth-order valence-electron chi connectivity index (χ4n) is 2.01. The molecule has 11 heteroatoms. The second kappa shape index (κ2) is 7.86. The van der Waals surface area contributed by atoms with Crippen LogP contribution in [0.5, 0.6) is 0 Å². The molecule has 1 heterocycles. The summed E-state index contributed by atoms with van der Waals surface area (Å²) in [5, 5.41) is 0.424. The Labute approximate surface area is 160 Å². The topological polar surface area (TPSA) is 92.3 Å². The first-order valence-electron chi connectivity index (χ1n) is 7.19. The Balaban J connectivity index is 2.21. The third-order valence-electron chi connectivity index (χ3n) is 3.36. The van der Waals surface area contributed by atoms with Crippen LogP contribution < -0.4 is 4.72 Å². The maximum absolute atomic E-state index is 12.6. The van der Waals surface area contributed by atoms with E-state index in [1.807, 2.05) is 6.92 Å². The monoisotopic (exact) mass is 422 g/mol. The highest BCUT2D eigenvalue weighted by Gasteiger charge is 2.23. The lowest BCUT2D eigenvalue weighted by atomic mass is 10.2. The SMILES string of the molecule is CCN(C)C(=O)Cc1nsc(NS(=O)(=O)c2c(C)cc(Cl)cc2Cl)n1. The van der Waals surface area contributed by atoms with Crippen LogP contribution in [0.2, 0.25) is 10.0 Å². The number of likely N-dealkylation sites (N-methyl/N-ethyl adjacent to an activating group) is 1. The van der Waals surface area contributed by atoms with E-state index in [1.165, 1.54) is 17.0 Å². The van der Waals surface area contributed by atoms with Crippen LogP contribution in [-0.2, 0) is 21.2 Å². The van der Waals surface area contributed by atoms with Crippen LogP contribution in [0.4, 0.5) is 5.13 Å². The zero-order valence-electron chi connectivity index (χ0n) is 13.7. The molecular weight excluding hydrogens is 407 g/mol. The minimum Gasteiger partial charge on any atom is -0.346 e. The highest BCUT2D eigenvalue weighted by Crippen LogP contribution is 2.30. The van der Waals surface area contributed by atoms with E-state index in [-0.39, 0.29) is 33.2 Å². The van der Waals surface area contributed by atoms with Gasteiger partial charge in [-0.1, -0.05) is 23.2 Å². The summed E-state index contributed by atoms with van der Waals surface area (Å²) < 4.78 is 31.5. The summed E-state index contributed by atoms with van der Waals surface area (Å²) in [6.07, 6.45) is 0.00327. The molecule has 0 saturated heterocycles. The lowest BCUT2D eigenvalue weighted by molar-refractivity contribution is -0.129. The quantitative estimate of drug-likeness (QED) is 0.771. The Hall–Kier alpha value is -1.42. The summed E-state index contributed by atoms with van der Waals surface area (Å²) in [6, 6.07) is 2.86. The average molecular weight is 423 g/mol. The van der Waals surface area contributed by atoms with E-state index >= 15 is 0 Å². The second-order valence-corrected chi connectivity index (χ2v) is 8.45. The predicted molar refractivity (Wildman–Crippen MR) is 98.9 cm³/mol. The molecule has 136 valence electrons. The molecule has 0 aliphatic heterocycles. The lowest BCUT2D eigenvalue weighted by Crippen LogP contribution is -2.28. The molecule has 1 aromatic heterocycles. The number of aromatic nitrogens is 2. The van der Waals surface area contributed by atoms with Crippen LogP contribution >= 0.6 is 34.7 Å². The van der Waals surface area contributed by atoms with Gasteiger partial charge < -0.3 is 4.90 Å². The summed E-state index contributed by atoms with van der Waals surface area (Å²) in [7, 11) is -2.29. The molecule has 7 nitrogen and oxygen atoms in total. The number of nitrogens with one attached hydrogen (secondary N) is 1. The number of rotatable bonds is 6. The summed E-state index contributed by atoms with van der Waals surface area (Å²) in [6.45, 7) is 4.01.